The van der Waals surface area contributed by atoms with Gasteiger partial charge in [0.15, 0.2) is 0 Å². The highest BCUT2D eigenvalue weighted by Gasteiger charge is 2.11. The van der Waals surface area contributed by atoms with Gasteiger partial charge in [-0.2, -0.15) is 0 Å². The van der Waals surface area contributed by atoms with Gasteiger partial charge in [-0.15, -0.1) is 24.8 Å². The Balaban J connectivity index is 0.00000312. The molecule has 26 heavy (non-hydrogen) atoms. The van der Waals surface area contributed by atoms with E-state index in [9.17, 15) is 0 Å². The summed E-state index contributed by atoms with van der Waals surface area (Å²) in [6.07, 6.45) is 1.38. The van der Waals surface area contributed by atoms with E-state index in [-0.39, 0.29) is 24.8 Å². The number of hydrogen-bond donors (Lipinski definition) is 1. The number of halogens is 4. The first-order valence-corrected chi connectivity index (χ1v) is 9.22. The summed E-state index contributed by atoms with van der Waals surface area (Å²) in [5.74, 6) is 0.897. The van der Waals surface area contributed by atoms with Crippen molar-refractivity contribution >= 4 is 52.3 Å². The zero-order chi connectivity index (χ0) is 17.5. The molecule has 146 valence electrons. The van der Waals surface area contributed by atoms with Crippen molar-refractivity contribution in [1.29, 1.82) is 0 Å². The Kier molecular flexibility index (Phi) is 12.6. The Morgan fingerprint density at radius 3 is 2.35 bits per heavy atom. The summed E-state index contributed by atoms with van der Waals surface area (Å²) < 4.78 is 7.08. The molecule has 2 aromatic rings. The maximum Gasteiger partial charge on any atom is 0.124 e. The highest BCUT2D eigenvalue weighted by atomic mass is 79.9. The van der Waals surface area contributed by atoms with Crippen molar-refractivity contribution in [2.75, 3.05) is 14.1 Å². The zero-order valence-corrected chi connectivity index (χ0v) is 19.1. The van der Waals surface area contributed by atoms with Crippen LogP contribution in [0.5, 0.6) is 5.75 Å². The fraction of sp³-hybridized carbons (Fsp3) is 0.368. The third kappa shape index (κ3) is 8.03. The SMILES string of the molecule is CCC(NCc1cc(Br)ccc1OCc1ccc(Cl)cc1)N(C)C.Cl.Cl. The predicted molar refractivity (Wildman–Crippen MR) is 119 cm³/mol. The lowest BCUT2D eigenvalue weighted by Gasteiger charge is -2.24. The maximum atomic E-state index is 6.03. The summed E-state index contributed by atoms with van der Waals surface area (Å²) in [5, 5.41) is 4.30. The van der Waals surface area contributed by atoms with E-state index in [1.54, 1.807) is 0 Å². The smallest absolute Gasteiger partial charge is 0.124 e. The van der Waals surface area contributed by atoms with E-state index in [4.69, 9.17) is 16.3 Å². The van der Waals surface area contributed by atoms with Crippen LogP contribution >= 0.6 is 52.3 Å². The van der Waals surface area contributed by atoms with Gasteiger partial charge in [-0.3, -0.25) is 10.2 Å². The van der Waals surface area contributed by atoms with Gasteiger partial charge in [-0.05, 0) is 56.4 Å². The Morgan fingerprint density at radius 2 is 1.77 bits per heavy atom. The molecule has 0 aliphatic heterocycles. The van der Waals surface area contributed by atoms with Crippen LogP contribution in [0.4, 0.5) is 0 Å². The van der Waals surface area contributed by atoms with Crippen LogP contribution in [0.15, 0.2) is 46.9 Å². The second kappa shape index (κ2) is 12.8. The number of nitrogens with zero attached hydrogens (tertiary/aromatic N) is 1. The van der Waals surface area contributed by atoms with E-state index in [0.717, 1.165) is 39.3 Å². The summed E-state index contributed by atoms with van der Waals surface area (Å²) in [5.41, 5.74) is 2.24. The van der Waals surface area contributed by atoms with Gasteiger partial charge in [0.25, 0.3) is 0 Å². The minimum atomic E-state index is 0. The molecule has 3 nitrogen and oxygen atoms in total. The minimum Gasteiger partial charge on any atom is -0.489 e. The maximum absolute atomic E-state index is 6.03. The topological polar surface area (TPSA) is 24.5 Å². The van der Waals surface area contributed by atoms with Crippen LogP contribution in [0.25, 0.3) is 0 Å². The average molecular weight is 485 g/mol. The van der Waals surface area contributed by atoms with Gasteiger partial charge < -0.3 is 4.74 Å². The van der Waals surface area contributed by atoms with Gasteiger partial charge in [0.05, 0.1) is 6.17 Å². The molecule has 1 N–H and O–H groups in total. The fourth-order valence-electron chi connectivity index (χ4n) is 2.49. The number of hydrogen-bond acceptors (Lipinski definition) is 3. The molecule has 0 aliphatic carbocycles. The molecule has 0 radical (unpaired) electrons. The lowest BCUT2D eigenvalue weighted by Crippen LogP contribution is -2.40. The molecule has 2 rings (SSSR count). The molecule has 0 spiro atoms. The standard InChI is InChI=1S/C19H24BrClN2O.2ClH/c1-4-19(23(2)3)22-12-15-11-16(20)7-10-18(15)24-13-14-5-8-17(21)9-6-14;;/h5-11,19,22H,4,12-13H2,1-3H3;2*1H. The van der Waals surface area contributed by atoms with Crippen LogP contribution < -0.4 is 10.1 Å². The van der Waals surface area contributed by atoms with E-state index < -0.39 is 0 Å². The zero-order valence-electron chi connectivity index (χ0n) is 15.2. The van der Waals surface area contributed by atoms with E-state index in [2.05, 4.69) is 53.2 Å². The first-order valence-electron chi connectivity index (χ1n) is 8.05. The highest BCUT2D eigenvalue weighted by Crippen LogP contribution is 2.24. The lowest BCUT2D eigenvalue weighted by molar-refractivity contribution is 0.235. The van der Waals surface area contributed by atoms with E-state index >= 15 is 0 Å². The van der Waals surface area contributed by atoms with Crippen LogP contribution in [0.2, 0.25) is 5.02 Å². The fourth-order valence-corrected chi connectivity index (χ4v) is 3.02. The van der Waals surface area contributed by atoms with Crippen LogP contribution in [0.1, 0.15) is 24.5 Å². The second-order valence-electron chi connectivity index (χ2n) is 5.94. The van der Waals surface area contributed by atoms with Gasteiger partial charge in [0, 0.05) is 21.6 Å². The molecular weight excluding hydrogens is 458 g/mol. The third-order valence-electron chi connectivity index (χ3n) is 3.87. The number of nitrogens with one attached hydrogen (secondary N) is 1. The van der Waals surface area contributed by atoms with Crippen molar-refractivity contribution < 1.29 is 4.74 Å². The normalized spacial score (nSPS) is 11.5. The van der Waals surface area contributed by atoms with Gasteiger partial charge in [-0.1, -0.05) is 46.6 Å². The van der Waals surface area contributed by atoms with E-state index in [1.807, 2.05) is 36.4 Å². The predicted octanol–water partition coefficient (Wildman–Crippen LogP) is 5.91. The Labute approximate surface area is 182 Å². The third-order valence-corrected chi connectivity index (χ3v) is 4.61. The van der Waals surface area contributed by atoms with Crippen molar-refractivity contribution in [3.63, 3.8) is 0 Å². The van der Waals surface area contributed by atoms with Crippen LogP contribution in [0.3, 0.4) is 0 Å². The molecule has 1 unspecified atom stereocenters. The molecule has 7 heteroatoms. The number of rotatable bonds is 8. The molecule has 0 saturated heterocycles. The summed E-state index contributed by atoms with van der Waals surface area (Å²) in [6.45, 7) is 3.46. The van der Waals surface area contributed by atoms with Crippen molar-refractivity contribution in [2.24, 2.45) is 0 Å². The van der Waals surface area contributed by atoms with Crippen LogP contribution in [0, 0.1) is 0 Å². The Bertz CT molecular complexity index is 654. The second-order valence-corrected chi connectivity index (χ2v) is 7.29. The first kappa shape index (κ1) is 25.5. The number of benzene rings is 2. The lowest BCUT2D eigenvalue weighted by atomic mass is 10.2. The van der Waals surface area contributed by atoms with Crippen LogP contribution in [-0.2, 0) is 13.2 Å². The van der Waals surface area contributed by atoms with Gasteiger partial charge in [0.1, 0.15) is 12.4 Å². The molecule has 0 aliphatic rings. The van der Waals surface area contributed by atoms with Gasteiger partial charge in [0.2, 0.25) is 0 Å². The molecule has 2 aromatic carbocycles. The summed E-state index contributed by atoms with van der Waals surface area (Å²) >= 11 is 9.47. The minimum absolute atomic E-state index is 0. The average Bonchev–Trinajstić information content (AvgIpc) is 2.56. The molecular formula is C19H26BrCl3N2O. The molecule has 0 aromatic heterocycles. The highest BCUT2D eigenvalue weighted by molar-refractivity contribution is 9.10. The van der Waals surface area contributed by atoms with Gasteiger partial charge in [-0.25, -0.2) is 0 Å². The summed E-state index contributed by atoms with van der Waals surface area (Å²) in [4.78, 5) is 2.19. The van der Waals surface area contributed by atoms with E-state index in [0.29, 0.717) is 12.8 Å². The molecule has 0 fully saturated rings. The van der Waals surface area contributed by atoms with E-state index in [1.165, 1.54) is 0 Å². The first-order chi connectivity index (χ1) is 11.5. The molecule has 0 saturated carbocycles. The molecule has 0 amide bonds. The Morgan fingerprint density at radius 1 is 1.12 bits per heavy atom. The van der Waals surface area contributed by atoms with Gasteiger partial charge >= 0.3 is 0 Å². The molecule has 0 heterocycles. The molecule has 1 atom stereocenters. The summed E-state index contributed by atoms with van der Waals surface area (Å²) in [7, 11) is 4.17. The summed E-state index contributed by atoms with van der Waals surface area (Å²) in [6, 6.07) is 13.8. The molecule has 0 bridgehead atoms. The monoisotopic (exact) mass is 482 g/mol. The van der Waals surface area contributed by atoms with Crippen molar-refractivity contribution in [1.82, 2.24) is 10.2 Å². The number of ether oxygens (including phenoxy) is 1. The van der Waals surface area contributed by atoms with Crippen LogP contribution in [-0.4, -0.2) is 25.2 Å². The largest absolute Gasteiger partial charge is 0.489 e. The van der Waals surface area contributed by atoms with Crippen molar-refractivity contribution in [2.45, 2.75) is 32.7 Å². The van der Waals surface area contributed by atoms with Crippen molar-refractivity contribution in [3.8, 4) is 5.75 Å². The quantitative estimate of drug-likeness (QED) is 0.471. The van der Waals surface area contributed by atoms with Crippen molar-refractivity contribution in [3.05, 3.63) is 63.1 Å². The Hall–Kier alpha value is -0.490.